The van der Waals surface area contributed by atoms with Crippen molar-refractivity contribution >= 4 is 0 Å². The molecule has 2 nitrogen and oxygen atoms in total. The zero-order valence-corrected chi connectivity index (χ0v) is 12.7. The summed E-state index contributed by atoms with van der Waals surface area (Å²) in [6.45, 7) is 6.22. The van der Waals surface area contributed by atoms with Crippen molar-refractivity contribution < 1.29 is 0 Å². The SMILES string of the molecule is CC(CCc1ccccc1)NCC1CCN(C2CC2)C1. The number of nitrogens with one attached hydrogen (secondary N) is 1. The number of hydrogen-bond acceptors (Lipinski definition) is 2. The quantitative estimate of drug-likeness (QED) is 0.820. The van der Waals surface area contributed by atoms with Crippen molar-refractivity contribution in [2.75, 3.05) is 19.6 Å². The normalized spacial score (nSPS) is 24.9. The van der Waals surface area contributed by atoms with E-state index >= 15 is 0 Å². The van der Waals surface area contributed by atoms with E-state index in [0.717, 1.165) is 12.0 Å². The molecule has 1 aromatic carbocycles. The van der Waals surface area contributed by atoms with E-state index in [0.29, 0.717) is 6.04 Å². The fourth-order valence-corrected chi connectivity index (χ4v) is 3.30. The van der Waals surface area contributed by atoms with Gasteiger partial charge >= 0.3 is 0 Å². The Morgan fingerprint density at radius 2 is 2.00 bits per heavy atom. The lowest BCUT2D eigenvalue weighted by Gasteiger charge is -2.18. The van der Waals surface area contributed by atoms with Crippen LogP contribution in [0.25, 0.3) is 0 Å². The Hall–Kier alpha value is -0.860. The van der Waals surface area contributed by atoms with E-state index in [1.54, 1.807) is 0 Å². The fourth-order valence-electron chi connectivity index (χ4n) is 3.30. The topological polar surface area (TPSA) is 15.3 Å². The smallest absolute Gasteiger partial charge is 0.00965 e. The summed E-state index contributed by atoms with van der Waals surface area (Å²) in [5.74, 6) is 0.884. The van der Waals surface area contributed by atoms with Crippen molar-refractivity contribution in [1.29, 1.82) is 0 Å². The van der Waals surface area contributed by atoms with Gasteiger partial charge in [0, 0.05) is 18.6 Å². The highest BCUT2D eigenvalue weighted by atomic mass is 15.2. The van der Waals surface area contributed by atoms with E-state index in [9.17, 15) is 0 Å². The second-order valence-electron chi connectivity index (χ2n) is 6.71. The standard InChI is InChI=1S/C18H28N2/c1-15(7-8-16-5-3-2-4-6-16)19-13-17-11-12-20(14-17)18-9-10-18/h2-6,15,17-19H,7-14H2,1H3. The van der Waals surface area contributed by atoms with E-state index in [1.165, 1.54) is 57.3 Å². The van der Waals surface area contributed by atoms with Gasteiger partial charge in [-0.2, -0.15) is 0 Å². The first kappa shape index (κ1) is 14.1. The summed E-state index contributed by atoms with van der Waals surface area (Å²) in [5.41, 5.74) is 1.46. The van der Waals surface area contributed by atoms with E-state index in [4.69, 9.17) is 0 Å². The zero-order chi connectivity index (χ0) is 13.8. The molecule has 0 aromatic heterocycles. The van der Waals surface area contributed by atoms with Crippen molar-refractivity contribution in [3.63, 3.8) is 0 Å². The molecule has 0 spiro atoms. The van der Waals surface area contributed by atoms with Gasteiger partial charge in [0.25, 0.3) is 0 Å². The maximum Gasteiger partial charge on any atom is 0.00965 e. The third kappa shape index (κ3) is 4.07. The molecule has 20 heavy (non-hydrogen) atoms. The van der Waals surface area contributed by atoms with Gasteiger partial charge in [-0.25, -0.2) is 0 Å². The maximum atomic E-state index is 3.75. The molecule has 1 aliphatic heterocycles. The molecule has 3 rings (SSSR count). The fraction of sp³-hybridized carbons (Fsp3) is 0.667. The molecule has 1 aliphatic carbocycles. The minimum absolute atomic E-state index is 0.630. The molecule has 2 aliphatic rings. The van der Waals surface area contributed by atoms with Gasteiger partial charge in [0.05, 0.1) is 0 Å². The lowest BCUT2D eigenvalue weighted by Crippen LogP contribution is -2.33. The Morgan fingerprint density at radius 3 is 2.75 bits per heavy atom. The van der Waals surface area contributed by atoms with Crippen LogP contribution >= 0.6 is 0 Å². The maximum absolute atomic E-state index is 3.75. The number of benzene rings is 1. The van der Waals surface area contributed by atoms with Crippen LogP contribution in [0.15, 0.2) is 30.3 Å². The summed E-state index contributed by atoms with van der Waals surface area (Å²) < 4.78 is 0. The van der Waals surface area contributed by atoms with Gasteiger partial charge in [-0.3, -0.25) is 0 Å². The minimum Gasteiger partial charge on any atom is -0.314 e. The van der Waals surface area contributed by atoms with Gasteiger partial charge in [-0.05, 0) is 63.6 Å². The third-order valence-corrected chi connectivity index (χ3v) is 4.84. The monoisotopic (exact) mass is 272 g/mol. The molecule has 1 heterocycles. The highest BCUT2D eigenvalue weighted by Crippen LogP contribution is 2.31. The van der Waals surface area contributed by atoms with Gasteiger partial charge in [-0.1, -0.05) is 30.3 Å². The first-order valence-electron chi connectivity index (χ1n) is 8.32. The molecule has 2 fully saturated rings. The molecular formula is C18H28N2. The first-order chi connectivity index (χ1) is 9.81. The summed E-state index contributed by atoms with van der Waals surface area (Å²) in [7, 11) is 0. The van der Waals surface area contributed by atoms with Crippen molar-refractivity contribution in [2.45, 2.75) is 51.1 Å². The van der Waals surface area contributed by atoms with Crippen LogP contribution in [0.3, 0.4) is 0 Å². The van der Waals surface area contributed by atoms with Crippen molar-refractivity contribution in [3.8, 4) is 0 Å². The van der Waals surface area contributed by atoms with Crippen LogP contribution in [0.2, 0.25) is 0 Å². The van der Waals surface area contributed by atoms with Crippen LogP contribution in [-0.4, -0.2) is 36.6 Å². The summed E-state index contributed by atoms with van der Waals surface area (Å²) in [6.07, 6.45) is 6.73. The van der Waals surface area contributed by atoms with E-state index in [1.807, 2.05) is 0 Å². The molecule has 1 N–H and O–H groups in total. The Balaban J connectivity index is 1.32. The van der Waals surface area contributed by atoms with Crippen molar-refractivity contribution in [1.82, 2.24) is 10.2 Å². The number of aryl methyl sites for hydroxylation is 1. The highest BCUT2D eigenvalue weighted by Gasteiger charge is 2.34. The van der Waals surface area contributed by atoms with Gasteiger partial charge in [0.15, 0.2) is 0 Å². The zero-order valence-electron chi connectivity index (χ0n) is 12.7. The average molecular weight is 272 g/mol. The van der Waals surface area contributed by atoms with Gasteiger partial charge in [-0.15, -0.1) is 0 Å². The Morgan fingerprint density at radius 1 is 1.20 bits per heavy atom. The number of hydrogen-bond donors (Lipinski definition) is 1. The molecule has 0 bridgehead atoms. The largest absolute Gasteiger partial charge is 0.314 e. The van der Waals surface area contributed by atoms with Crippen molar-refractivity contribution in [2.24, 2.45) is 5.92 Å². The molecular weight excluding hydrogens is 244 g/mol. The van der Waals surface area contributed by atoms with Gasteiger partial charge in [0.1, 0.15) is 0 Å². The van der Waals surface area contributed by atoms with E-state index < -0.39 is 0 Å². The number of nitrogens with zero attached hydrogens (tertiary/aromatic N) is 1. The second kappa shape index (κ2) is 6.73. The van der Waals surface area contributed by atoms with Gasteiger partial charge in [0.2, 0.25) is 0 Å². The summed E-state index contributed by atoms with van der Waals surface area (Å²) >= 11 is 0. The molecule has 2 atom stereocenters. The molecule has 2 heteroatoms. The van der Waals surface area contributed by atoms with Crippen LogP contribution in [-0.2, 0) is 6.42 Å². The van der Waals surface area contributed by atoms with Crippen LogP contribution < -0.4 is 5.32 Å². The Labute approximate surface area is 123 Å². The van der Waals surface area contributed by atoms with E-state index in [2.05, 4.69) is 47.5 Å². The molecule has 0 radical (unpaired) electrons. The lowest BCUT2D eigenvalue weighted by atomic mass is 10.0. The molecule has 1 aromatic rings. The summed E-state index contributed by atoms with van der Waals surface area (Å²) in [4.78, 5) is 2.71. The molecule has 0 amide bonds. The van der Waals surface area contributed by atoms with Crippen LogP contribution in [0.1, 0.15) is 38.2 Å². The number of rotatable bonds is 7. The Bertz CT molecular complexity index is 399. The molecule has 1 saturated heterocycles. The third-order valence-electron chi connectivity index (χ3n) is 4.84. The summed E-state index contributed by atoms with van der Waals surface area (Å²) in [6, 6.07) is 12.4. The minimum atomic E-state index is 0.630. The second-order valence-corrected chi connectivity index (χ2v) is 6.71. The highest BCUT2D eigenvalue weighted by molar-refractivity contribution is 5.14. The lowest BCUT2D eigenvalue weighted by molar-refractivity contribution is 0.309. The van der Waals surface area contributed by atoms with Crippen molar-refractivity contribution in [3.05, 3.63) is 35.9 Å². The molecule has 1 saturated carbocycles. The Kier molecular flexibility index (Phi) is 4.74. The number of likely N-dealkylation sites (tertiary alicyclic amines) is 1. The molecule has 2 unspecified atom stereocenters. The van der Waals surface area contributed by atoms with E-state index in [-0.39, 0.29) is 0 Å². The van der Waals surface area contributed by atoms with Crippen LogP contribution in [0.4, 0.5) is 0 Å². The van der Waals surface area contributed by atoms with Gasteiger partial charge < -0.3 is 10.2 Å². The average Bonchev–Trinajstić information content (AvgIpc) is 3.23. The van der Waals surface area contributed by atoms with Crippen LogP contribution in [0, 0.1) is 5.92 Å². The predicted molar refractivity (Wildman–Crippen MR) is 84.9 cm³/mol. The van der Waals surface area contributed by atoms with Crippen LogP contribution in [0.5, 0.6) is 0 Å². The predicted octanol–water partition coefficient (Wildman–Crippen LogP) is 3.08. The molecule has 110 valence electrons. The summed E-state index contributed by atoms with van der Waals surface area (Å²) in [5, 5.41) is 3.75. The first-order valence-corrected chi connectivity index (χ1v) is 8.32.